The van der Waals surface area contributed by atoms with Crippen LogP contribution in [-0.2, 0) is 14.3 Å². The third-order valence-electron chi connectivity index (χ3n) is 4.11. The molecule has 1 aromatic carbocycles. The largest absolute Gasteiger partial charge is 0.375 e. The summed E-state index contributed by atoms with van der Waals surface area (Å²) in [5, 5.41) is 16.3. The highest BCUT2D eigenvalue weighted by molar-refractivity contribution is 5.91. The summed E-state index contributed by atoms with van der Waals surface area (Å²) >= 11 is 0. The average Bonchev–Trinajstić information content (AvgIpc) is 2.57. The van der Waals surface area contributed by atoms with Crippen molar-refractivity contribution >= 4 is 23.2 Å². The number of nitro benzene ring substituents is 1. The van der Waals surface area contributed by atoms with Crippen molar-refractivity contribution in [2.75, 3.05) is 38.7 Å². The summed E-state index contributed by atoms with van der Waals surface area (Å²) in [5.41, 5.74) is 0.526. The van der Waals surface area contributed by atoms with Crippen LogP contribution in [0.25, 0.3) is 0 Å². The van der Waals surface area contributed by atoms with Crippen LogP contribution in [0.15, 0.2) is 24.3 Å². The van der Waals surface area contributed by atoms with Crippen LogP contribution in [0.1, 0.15) is 12.8 Å². The molecule has 1 aliphatic rings. The van der Waals surface area contributed by atoms with E-state index < -0.39 is 4.92 Å². The fraction of sp³-hybridized carbons (Fsp3) is 0.500. The first kappa shape index (κ1) is 18.8. The van der Waals surface area contributed by atoms with Gasteiger partial charge in [-0.3, -0.25) is 19.7 Å². The number of non-ortho nitro benzene ring substituents is 1. The van der Waals surface area contributed by atoms with E-state index in [1.165, 1.54) is 31.4 Å². The molecular weight excluding hydrogens is 328 g/mol. The number of nitro groups is 1. The van der Waals surface area contributed by atoms with Gasteiger partial charge in [0.05, 0.1) is 18.0 Å². The molecule has 0 aliphatic carbocycles. The van der Waals surface area contributed by atoms with E-state index in [2.05, 4.69) is 10.6 Å². The van der Waals surface area contributed by atoms with Crippen LogP contribution in [0.3, 0.4) is 0 Å². The number of amides is 2. The van der Waals surface area contributed by atoms with Crippen molar-refractivity contribution in [3.8, 4) is 0 Å². The number of rotatable bonds is 7. The molecule has 1 aliphatic heterocycles. The van der Waals surface area contributed by atoms with Crippen molar-refractivity contribution in [2.45, 2.75) is 18.9 Å². The molecule has 1 fully saturated rings. The number of piperidine rings is 1. The van der Waals surface area contributed by atoms with Crippen molar-refractivity contribution in [1.82, 2.24) is 5.32 Å². The predicted molar refractivity (Wildman–Crippen MR) is 90.3 cm³/mol. The van der Waals surface area contributed by atoms with Crippen molar-refractivity contribution in [1.29, 1.82) is 0 Å². The first-order chi connectivity index (χ1) is 12.0. The fourth-order valence-electron chi connectivity index (χ4n) is 2.85. The van der Waals surface area contributed by atoms with Gasteiger partial charge in [0.15, 0.2) is 6.54 Å². The number of hydrogen-bond donors (Lipinski definition) is 3. The van der Waals surface area contributed by atoms with Gasteiger partial charge < -0.3 is 20.3 Å². The molecule has 0 aromatic heterocycles. The van der Waals surface area contributed by atoms with Crippen LogP contribution in [-0.4, -0.2) is 56.1 Å². The fourth-order valence-corrected chi connectivity index (χ4v) is 2.85. The zero-order valence-corrected chi connectivity index (χ0v) is 14.1. The molecular formula is C16H23N4O5+. The Balaban J connectivity index is 1.73. The summed E-state index contributed by atoms with van der Waals surface area (Å²) in [6.45, 7) is 1.98. The monoisotopic (exact) mass is 351 g/mol. The second kappa shape index (κ2) is 9.09. The van der Waals surface area contributed by atoms with Gasteiger partial charge in [-0.15, -0.1) is 0 Å². The summed E-state index contributed by atoms with van der Waals surface area (Å²) in [6.07, 6.45) is 1.63. The van der Waals surface area contributed by atoms with Gasteiger partial charge in [0.2, 0.25) is 5.91 Å². The molecule has 9 nitrogen and oxygen atoms in total. The lowest BCUT2D eigenvalue weighted by Gasteiger charge is -2.29. The summed E-state index contributed by atoms with van der Waals surface area (Å²) in [5.74, 6) is -0.252. The normalized spacial score (nSPS) is 19.9. The van der Waals surface area contributed by atoms with E-state index in [1.54, 1.807) is 0 Å². The van der Waals surface area contributed by atoms with E-state index in [0.717, 1.165) is 30.8 Å². The van der Waals surface area contributed by atoms with Gasteiger partial charge in [0, 0.05) is 43.8 Å². The lowest BCUT2D eigenvalue weighted by atomic mass is 10.1. The van der Waals surface area contributed by atoms with E-state index >= 15 is 0 Å². The van der Waals surface area contributed by atoms with Gasteiger partial charge in [-0.25, -0.2) is 0 Å². The Morgan fingerprint density at radius 3 is 2.44 bits per heavy atom. The molecule has 1 aromatic rings. The van der Waals surface area contributed by atoms with Crippen molar-refractivity contribution in [3.63, 3.8) is 0 Å². The van der Waals surface area contributed by atoms with Gasteiger partial charge in [-0.05, 0) is 12.1 Å². The van der Waals surface area contributed by atoms with E-state index in [-0.39, 0.29) is 30.2 Å². The van der Waals surface area contributed by atoms with Crippen molar-refractivity contribution < 1.29 is 24.1 Å². The molecule has 0 spiro atoms. The van der Waals surface area contributed by atoms with Gasteiger partial charge in [-0.2, -0.15) is 0 Å². The quantitative estimate of drug-likeness (QED) is 0.446. The minimum atomic E-state index is -0.481. The standard InChI is InChI=1S/C16H22N4O5/c1-25-11-16(22)18-13-6-8-19(9-7-13)10-15(21)17-12-2-4-14(5-3-12)20(23)24/h2-5,13H,6-11H2,1H3,(H,17,21)(H,18,22)/p+1. The SMILES string of the molecule is COCC(=O)NC1CC[NH+](CC(=O)Nc2ccc([N+](=O)[O-])cc2)CC1. The molecule has 1 saturated heterocycles. The van der Waals surface area contributed by atoms with Crippen molar-refractivity contribution in [2.24, 2.45) is 0 Å². The molecule has 0 unspecified atom stereocenters. The van der Waals surface area contributed by atoms with E-state index in [4.69, 9.17) is 4.74 Å². The average molecular weight is 351 g/mol. The van der Waals surface area contributed by atoms with Crippen molar-refractivity contribution in [3.05, 3.63) is 34.4 Å². The zero-order valence-electron chi connectivity index (χ0n) is 14.1. The van der Waals surface area contributed by atoms with Gasteiger partial charge in [0.25, 0.3) is 11.6 Å². The highest BCUT2D eigenvalue weighted by Gasteiger charge is 2.25. The number of carbonyl (C=O) groups is 2. The number of ether oxygens (including phenoxy) is 1. The topological polar surface area (TPSA) is 115 Å². The van der Waals surface area contributed by atoms with E-state index in [9.17, 15) is 19.7 Å². The highest BCUT2D eigenvalue weighted by atomic mass is 16.6. The third kappa shape index (κ3) is 6.12. The summed E-state index contributed by atoms with van der Waals surface area (Å²) in [4.78, 5) is 34.9. The number of anilines is 1. The number of nitrogens with one attached hydrogen (secondary N) is 3. The smallest absolute Gasteiger partial charge is 0.279 e. The van der Waals surface area contributed by atoms with Crippen LogP contribution >= 0.6 is 0 Å². The number of methoxy groups -OCH3 is 1. The maximum Gasteiger partial charge on any atom is 0.279 e. The molecule has 136 valence electrons. The van der Waals surface area contributed by atoms with Gasteiger partial charge in [-0.1, -0.05) is 0 Å². The Kier molecular flexibility index (Phi) is 6.84. The Hall–Kier alpha value is -2.52. The number of quaternary nitrogens is 1. The Labute approximate surface area is 145 Å². The zero-order chi connectivity index (χ0) is 18.2. The molecule has 0 atom stereocenters. The Bertz CT molecular complexity index is 611. The first-order valence-electron chi connectivity index (χ1n) is 8.14. The second-order valence-electron chi connectivity index (χ2n) is 6.05. The van der Waals surface area contributed by atoms with Crippen LogP contribution in [0.4, 0.5) is 11.4 Å². The number of likely N-dealkylation sites (tertiary alicyclic amines) is 1. The third-order valence-corrected chi connectivity index (χ3v) is 4.11. The lowest BCUT2D eigenvalue weighted by Crippen LogP contribution is -3.14. The molecule has 3 N–H and O–H groups in total. The minimum Gasteiger partial charge on any atom is -0.375 e. The minimum absolute atomic E-state index is 0.0128. The molecule has 25 heavy (non-hydrogen) atoms. The maximum atomic E-state index is 12.1. The molecule has 9 heteroatoms. The number of hydrogen-bond acceptors (Lipinski definition) is 5. The molecule has 1 heterocycles. The lowest BCUT2D eigenvalue weighted by molar-refractivity contribution is -0.897. The number of carbonyl (C=O) groups excluding carboxylic acids is 2. The molecule has 0 bridgehead atoms. The van der Waals surface area contributed by atoms with Crippen LogP contribution in [0.2, 0.25) is 0 Å². The molecule has 2 rings (SSSR count). The van der Waals surface area contributed by atoms with Crippen LogP contribution < -0.4 is 15.5 Å². The molecule has 0 saturated carbocycles. The Morgan fingerprint density at radius 1 is 1.24 bits per heavy atom. The van der Waals surface area contributed by atoms with Gasteiger partial charge >= 0.3 is 0 Å². The van der Waals surface area contributed by atoms with Crippen LogP contribution in [0, 0.1) is 10.1 Å². The maximum absolute atomic E-state index is 12.1. The van der Waals surface area contributed by atoms with Crippen LogP contribution in [0.5, 0.6) is 0 Å². The summed E-state index contributed by atoms with van der Waals surface area (Å²) in [7, 11) is 1.48. The number of nitrogens with zero attached hydrogens (tertiary/aromatic N) is 1. The second-order valence-corrected chi connectivity index (χ2v) is 6.05. The number of benzene rings is 1. The predicted octanol–water partition coefficient (Wildman–Crippen LogP) is -0.657. The molecule has 2 amide bonds. The summed E-state index contributed by atoms with van der Waals surface area (Å²) in [6, 6.07) is 5.88. The first-order valence-corrected chi connectivity index (χ1v) is 8.14. The summed E-state index contributed by atoms with van der Waals surface area (Å²) < 4.78 is 4.79. The van der Waals surface area contributed by atoms with Gasteiger partial charge in [0.1, 0.15) is 6.61 Å². The highest BCUT2D eigenvalue weighted by Crippen LogP contribution is 2.15. The Morgan fingerprint density at radius 2 is 1.88 bits per heavy atom. The van der Waals surface area contributed by atoms with E-state index in [1.807, 2.05) is 0 Å². The molecule has 0 radical (unpaired) electrons. The van der Waals surface area contributed by atoms with E-state index in [0.29, 0.717) is 12.2 Å².